The van der Waals surface area contributed by atoms with Crippen LogP contribution in [-0.2, 0) is 6.54 Å². The Morgan fingerprint density at radius 1 is 1.23 bits per heavy atom. The third-order valence-corrected chi connectivity index (χ3v) is 3.97. The van der Waals surface area contributed by atoms with Gasteiger partial charge in [-0.2, -0.15) is 9.78 Å². The highest BCUT2D eigenvalue weighted by Crippen LogP contribution is 2.22. The molecule has 0 unspecified atom stereocenters. The first-order chi connectivity index (χ1) is 10.5. The summed E-state index contributed by atoms with van der Waals surface area (Å²) in [6.45, 7) is 6.44. The van der Waals surface area contributed by atoms with Crippen LogP contribution in [0.4, 0.5) is 0 Å². The average molecular weight is 299 g/mol. The molecule has 0 aliphatic heterocycles. The number of hydrogen-bond donors (Lipinski definition) is 2. The molecule has 1 saturated carbocycles. The third-order valence-electron chi connectivity index (χ3n) is 3.97. The highest BCUT2D eigenvalue weighted by atomic mass is 16.3. The SMILES string of the molecule is Cc1cc(C)c(-n2nc(CNC3CC3)c(O)cc2=O)c(C)c1. The van der Waals surface area contributed by atoms with Crippen molar-refractivity contribution in [2.24, 2.45) is 0 Å². The van der Waals surface area contributed by atoms with Gasteiger partial charge in [-0.25, -0.2) is 0 Å². The van der Waals surface area contributed by atoms with Crippen LogP contribution >= 0.6 is 0 Å². The van der Waals surface area contributed by atoms with E-state index in [-0.39, 0.29) is 11.3 Å². The third kappa shape index (κ3) is 2.90. The first-order valence-corrected chi connectivity index (χ1v) is 7.59. The Kier molecular flexibility index (Phi) is 3.74. The molecule has 1 aliphatic rings. The Hall–Kier alpha value is -2.14. The lowest BCUT2D eigenvalue weighted by Gasteiger charge is -2.14. The fourth-order valence-electron chi connectivity index (χ4n) is 2.80. The van der Waals surface area contributed by atoms with Gasteiger partial charge in [-0.3, -0.25) is 4.79 Å². The van der Waals surface area contributed by atoms with Crippen LogP contribution in [0.25, 0.3) is 5.69 Å². The van der Waals surface area contributed by atoms with Gasteiger partial charge in [-0.15, -0.1) is 0 Å². The molecule has 116 valence electrons. The molecule has 5 heteroatoms. The zero-order chi connectivity index (χ0) is 15.9. The van der Waals surface area contributed by atoms with Crippen molar-refractivity contribution < 1.29 is 5.11 Å². The van der Waals surface area contributed by atoms with Crippen molar-refractivity contribution in [2.45, 2.75) is 46.2 Å². The van der Waals surface area contributed by atoms with E-state index in [0.717, 1.165) is 35.2 Å². The molecule has 1 aromatic heterocycles. The molecule has 2 aromatic rings. The molecule has 5 nitrogen and oxygen atoms in total. The van der Waals surface area contributed by atoms with E-state index in [9.17, 15) is 9.90 Å². The predicted molar refractivity (Wildman–Crippen MR) is 85.6 cm³/mol. The molecule has 22 heavy (non-hydrogen) atoms. The highest BCUT2D eigenvalue weighted by molar-refractivity contribution is 5.49. The van der Waals surface area contributed by atoms with E-state index >= 15 is 0 Å². The van der Waals surface area contributed by atoms with E-state index in [0.29, 0.717) is 18.3 Å². The zero-order valence-corrected chi connectivity index (χ0v) is 13.2. The van der Waals surface area contributed by atoms with Crippen molar-refractivity contribution in [2.75, 3.05) is 0 Å². The van der Waals surface area contributed by atoms with Crippen LogP contribution < -0.4 is 10.9 Å². The van der Waals surface area contributed by atoms with Gasteiger partial charge in [-0.1, -0.05) is 17.7 Å². The minimum atomic E-state index is -0.317. The van der Waals surface area contributed by atoms with Gasteiger partial charge in [0.1, 0.15) is 11.4 Å². The Balaban J connectivity index is 2.06. The maximum atomic E-state index is 12.3. The van der Waals surface area contributed by atoms with E-state index in [1.54, 1.807) is 0 Å². The monoisotopic (exact) mass is 299 g/mol. The highest BCUT2D eigenvalue weighted by Gasteiger charge is 2.21. The van der Waals surface area contributed by atoms with Crippen LogP contribution in [0.5, 0.6) is 5.75 Å². The largest absolute Gasteiger partial charge is 0.506 e. The summed E-state index contributed by atoms with van der Waals surface area (Å²) in [5, 5.41) is 17.7. The smallest absolute Gasteiger partial charge is 0.275 e. The molecule has 0 bridgehead atoms. The van der Waals surface area contributed by atoms with Crippen LogP contribution in [0.15, 0.2) is 23.0 Å². The van der Waals surface area contributed by atoms with Crippen LogP contribution in [-0.4, -0.2) is 20.9 Å². The van der Waals surface area contributed by atoms with Gasteiger partial charge in [0.05, 0.1) is 5.69 Å². The fraction of sp³-hybridized carbons (Fsp3) is 0.412. The molecule has 1 heterocycles. The zero-order valence-electron chi connectivity index (χ0n) is 13.2. The maximum absolute atomic E-state index is 12.3. The van der Waals surface area contributed by atoms with E-state index in [1.807, 2.05) is 32.9 Å². The Morgan fingerprint density at radius 3 is 2.45 bits per heavy atom. The molecule has 0 spiro atoms. The molecular weight excluding hydrogens is 278 g/mol. The molecule has 0 radical (unpaired) electrons. The summed E-state index contributed by atoms with van der Waals surface area (Å²) in [4.78, 5) is 12.3. The van der Waals surface area contributed by atoms with Gasteiger partial charge in [0.2, 0.25) is 0 Å². The van der Waals surface area contributed by atoms with E-state index in [4.69, 9.17) is 0 Å². The summed E-state index contributed by atoms with van der Waals surface area (Å²) in [6.07, 6.45) is 2.33. The molecule has 1 aromatic carbocycles. The van der Waals surface area contributed by atoms with Crippen molar-refractivity contribution in [3.05, 3.63) is 50.9 Å². The number of nitrogens with zero attached hydrogens (tertiary/aromatic N) is 2. The molecular formula is C17H21N3O2. The summed E-state index contributed by atoms with van der Waals surface area (Å²) in [6, 6.07) is 5.83. The van der Waals surface area contributed by atoms with Gasteiger partial charge >= 0.3 is 0 Å². The van der Waals surface area contributed by atoms with Crippen LogP contribution in [0, 0.1) is 20.8 Å². The molecule has 1 aliphatic carbocycles. The van der Waals surface area contributed by atoms with Gasteiger partial charge in [0.25, 0.3) is 5.56 Å². The normalized spacial score (nSPS) is 14.3. The Labute approximate surface area is 129 Å². The topological polar surface area (TPSA) is 67.2 Å². The molecule has 0 amide bonds. The quantitative estimate of drug-likeness (QED) is 0.907. The average Bonchev–Trinajstić information content (AvgIpc) is 3.22. The number of aromatic nitrogens is 2. The number of benzene rings is 1. The maximum Gasteiger partial charge on any atom is 0.275 e. The number of rotatable bonds is 4. The first-order valence-electron chi connectivity index (χ1n) is 7.59. The van der Waals surface area contributed by atoms with Crippen LogP contribution in [0.1, 0.15) is 35.2 Å². The second-order valence-corrected chi connectivity index (χ2v) is 6.13. The summed E-state index contributed by atoms with van der Waals surface area (Å²) < 4.78 is 1.40. The van der Waals surface area contributed by atoms with Gasteiger partial charge in [0.15, 0.2) is 0 Å². The van der Waals surface area contributed by atoms with Crippen molar-refractivity contribution in [3.8, 4) is 11.4 Å². The van der Waals surface area contributed by atoms with E-state index in [2.05, 4.69) is 10.4 Å². The summed E-state index contributed by atoms with van der Waals surface area (Å²) in [5.41, 5.74) is 4.14. The predicted octanol–water partition coefficient (Wildman–Crippen LogP) is 2.12. The van der Waals surface area contributed by atoms with E-state index < -0.39 is 0 Å². The number of aromatic hydroxyl groups is 1. The summed E-state index contributed by atoms with van der Waals surface area (Å²) in [7, 11) is 0. The molecule has 2 N–H and O–H groups in total. The number of hydrogen-bond acceptors (Lipinski definition) is 4. The van der Waals surface area contributed by atoms with Crippen molar-refractivity contribution in [1.29, 1.82) is 0 Å². The van der Waals surface area contributed by atoms with Gasteiger partial charge in [0, 0.05) is 18.7 Å². The lowest BCUT2D eigenvalue weighted by atomic mass is 10.1. The second kappa shape index (κ2) is 5.57. The second-order valence-electron chi connectivity index (χ2n) is 6.13. The number of nitrogens with one attached hydrogen (secondary N) is 1. The van der Waals surface area contributed by atoms with Gasteiger partial charge < -0.3 is 10.4 Å². The lowest BCUT2D eigenvalue weighted by molar-refractivity contribution is 0.451. The van der Waals surface area contributed by atoms with Crippen molar-refractivity contribution in [1.82, 2.24) is 15.1 Å². The van der Waals surface area contributed by atoms with E-state index in [1.165, 1.54) is 10.7 Å². The van der Waals surface area contributed by atoms with Crippen LogP contribution in [0.3, 0.4) is 0 Å². The standard InChI is InChI=1S/C17H21N3O2/c1-10-6-11(2)17(12(3)7-10)20-16(22)8-15(21)14(19-20)9-18-13-4-5-13/h6-8,13,18,21H,4-5,9H2,1-3H3. The summed E-state index contributed by atoms with van der Waals surface area (Å²) >= 11 is 0. The molecule has 1 fully saturated rings. The Morgan fingerprint density at radius 2 is 1.86 bits per heavy atom. The van der Waals surface area contributed by atoms with Crippen LogP contribution in [0.2, 0.25) is 0 Å². The summed E-state index contributed by atoms with van der Waals surface area (Å²) in [5.74, 6) is -0.0446. The van der Waals surface area contributed by atoms with Crippen molar-refractivity contribution in [3.63, 3.8) is 0 Å². The number of aryl methyl sites for hydroxylation is 3. The van der Waals surface area contributed by atoms with Crippen molar-refractivity contribution >= 4 is 0 Å². The minimum absolute atomic E-state index is 0.0446. The molecule has 0 saturated heterocycles. The minimum Gasteiger partial charge on any atom is -0.506 e. The van der Waals surface area contributed by atoms with Gasteiger partial charge in [-0.05, 0) is 44.7 Å². The molecule has 0 atom stereocenters. The Bertz CT molecular complexity index is 753. The first kappa shape index (κ1) is 14.8. The molecule has 3 rings (SSSR count). The lowest BCUT2D eigenvalue weighted by Crippen LogP contribution is -2.25. The fourth-order valence-corrected chi connectivity index (χ4v) is 2.80.